The third-order valence-corrected chi connectivity index (χ3v) is 4.78. The van der Waals surface area contributed by atoms with Crippen LogP contribution >= 0.6 is 11.6 Å². The number of rotatable bonds is 12. The van der Waals surface area contributed by atoms with Gasteiger partial charge in [0, 0.05) is 0 Å². The van der Waals surface area contributed by atoms with Gasteiger partial charge in [0.15, 0.2) is 0 Å². The number of halogens is 1. The van der Waals surface area contributed by atoms with Crippen molar-refractivity contribution in [3.8, 4) is 22.6 Å². The first-order valence-corrected chi connectivity index (χ1v) is 10.7. The maximum atomic E-state index is 11.5. The molecule has 0 N–H and O–H groups in total. The number of benzene rings is 2. The number of esters is 1. The largest absolute Gasteiger partial charge is 0.494 e. The van der Waals surface area contributed by atoms with Gasteiger partial charge in [-0.3, -0.25) is 4.79 Å². The smallest absolute Gasteiger partial charge is 0.329 e. The Bertz CT molecular complexity index is 693. The lowest BCUT2D eigenvalue weighted by molar-refractivity contribution is -0.133. The minimum atomic E-state index is -0.659. The molecule has 0 aliphatic heterocycles. The zero-order chi connectivity index (χ0) is 20.2. The minimum absolute atomic E-state index is 0.447. The Hall–Kier alpha value is -2.00. The molecule has 2 rings (SSSR count). The van der Waals surface area contributed by atoms with E-state index in [2.05, 4.69) is 6.92 Å². The lowest BCUT2D eigenvalue weighted by atomic mass is 10.1. The molecule has 2 aromatic rings. The maximum Gasteiger partial charge on any atom is 0.329 e. The maximum absolute atomic E-state index is 11.5. The first-order valence-electron chi connectivity index (χ1n) is 10.3. The Kier molecular flexibility index (Phi) is 9.92. The highest BCUT2D eigenvalue weighted by atomic mass is 35.5. The summed E-state index contributed by atoms with van der Waals surface area (Å²) in [6.45, 7) is 4.61. The second-order valence-electron chi connectivity index (χ2n) is 7.06. The fraction of sp³-hybridized carbons (Fsp3) is 0.458. The van der Waals surface area contributed by atoms with Gasteiger partial charge in [0.2, 0.25) is 0 Å². The molecule has 0 bridgehead atoms. The predicted octanol–water partition coefficient (Wildman–Crippen LogP) is 7.02. The van der Waals surface area contributed by atoms with Crippen LogP contribution in [0.1, 0.15) is 58.8 Å². The van der Waals surface area contributed by atoms with E-state index in [0.29, 0.717) is 5.75 Å². The van der Waals surface area contributed by atoms with Crippen LogP contribution in [-0.2, 0) is 4.79 Å². The summed E-state index contributed by atoms with van der Waals surface area (Å²) in [5, 5.41) is -0.659. The monoisotopic (exact) mass is 402 g/mol. The summed E-state index contributed by atoms with van der Waals surface area (Å²) in [7, 11) is 0. The topological polar surface area (TPSA) is 35.5 Å². The summed E-state index contributed by atoms with van der Waals surface area (Å²) in [6.07, 6.45) is 8.99. The van der Waals surface area contributed by atoms with E-state index < -0.39 is 11.3 Å². The average Bonchev–Trinajstić information content (AvgIpc) is 2.71. The van der Waals surface area contributed by atoms with Crippen LogP contribution in [0, 0.1) is 0 Å². The zero-order valence-corrected chi connectivity index (χ0v) is 17.7. The van der Waals surface area contributed by atoms with E-state index in [1.807, 2.05) is 36.4 Å². The number of hydrogen-bond acceptors (Lipinski definition) is 3. The third-order valence-electron chi connectivity index (χ3n) is 4.60. The van der Waals surface area contributed by atoms with Crippen molar-refractivity contribution in [3.63, 3.8) is 0 Å². The van der Waals surface area contributed by atoms with Crippen LogP contribution in [0.2, 0.25) is 0 Å². The summed E-state index contributed by atoms with van der Waals surface area (Å²) in [4.78, 5) is 11.5. The first kappa shape index (κ1) is 22.3. The molecule has 0 radical (unpaired) electrons. The van der Waals surface area contributed by atoms with Gasteiger partial charge in [0.05, 0.1) is 6.61 Å². The zero-order valence-electron chi connectivity index (χ0n) is 17.0. The molecule has 0 heterocycles. The third kappa shape index (κ3) is 7.93. The summed E-state index contributed by atoms with van der Waals surface area (Å²) in [5.74, 6) is 0.948. The van der Waals surface area contributed by atoms with Gasteiger partial charge in [-0.1, -0.05) is 69.7 Å². The molecule has 3 nitrogen and oxygen atoms in total. The Morgan fingerprint density at radius 1 is 0.821 bits per heavy atom. The summed E-state index contributed by atoms with van der Waals surface area (Å²) >= 11 is 5.71. The van der Waals surface area contributed by atoms with Gasteiger partial charge in [-0.05, 0) is 48.7 Å². The summed E-state index contributed by atoms with van der Waals surface area (Å²) in [6, 6.07) is 15.5. The summed E-state index contributed by atoms with van der Waals surface area (Å²) < 4.78 is 11.0. The molecule has 0 saturated carbocycles. The van der Waals surface area contributed by atoms with E-state index in [0.717, 1.165) is 29.9 Å². The molecule has 0 aromatic heterocycles. The number of alkyl halides is 1. The molecule has 0 saturated heterocycles. The van der Waals surface area contributed by atoms with Gasteiger partial charge in [0.25, 0.3) is 0 Å². The van der Waals surface area contributed by atoms with Crippen molar-refractivity contribution in [1.29, 1.82) is 0 Å². The van der Waals surface area contributed by atoms with E-state index >= 15 is 0 Å². The van der Waals surface area contributed by atoms with Crippen LogP contribution < -0.4 is 9.47 Å². The molecule has 1 unspecified atom stereocenters. The Labute approximate surface area is 174 Å². The molecule has 28 heavy (non-hydrogen) atoms. The first-order chi connectivity index (χ1) is 13.6. The standard InChI is InChI=1S/C24H31ClO3/c1-3-4-5-6-7-8-9-18-27-22-14-10-20(11-15-22)21-12-16-23(17-13-21)28-24(26)19(2)25/h10-17,19H,3-9,18H2,1-2H3. The van der Waals surface area contributed by atoms with Gasteiger partial charge in [-0.2, -0.15) is 0 Å². The molecule has 1 atom stereocenters. The Morgan fingerprint density at radius 2 is 1.32 bits per heavy atom. The van der Waals surface area contributed by atoms with Gasteiger partial charge >= 0.3 is 5.97 Å². The fourth-order valence-electron chi connectivity index (χ4n) is 2.91. The molecular weight excluding hydrogens is 372 g/mol. The van der Waals surface area contributed by atoms with Gasteiger partial charge in [0.1, 0.15) is 16.9 Å². The lowest BCUT2D eigenvalue weighted by Gasteiger charge is -2.09. The van der Waals surface area contributed by atoms with Crippen molar-refractivity contribution in [1.82, 2.24) is 0 Å². The van der Waals surface area contributed by atoms with E-state index in [1.54, 1.807) is 19.1 Å². The molecule has 0 aliphatic rings. The Morgan fingerprint density at radius 3 is 1.86 bits per heavy atom. The van der Waals surface area contributed by atoms with Crippen LogP contribution in [0.4, 0.5) is 0 Å². The lowest BCUT2D eigenvalue weighted by Crippen LogP contribution is -2.17. The Balaban J connectivity index is 1.75. The quantitative estimate of drug-likeness (QED) is 0.166. The number of hydrogen-bond donors (Lipinski definition) is 0. The highest BCUT2D eigenvalue weighted by Crippen LogP contribution is 2.25. The molecule has 152 valence electrons. The second kappa shape index (κ2) is 12.5. The predicted molar refractivity (Wildman–Crippen MR) is 116 cm³/mol. The highest BCUT2D eigenvalue weighted by Gasteiger charge is 2.11. The van der Waals surface area contributed by atoms with E-state index in [1.165, 1.54) is 38.5 Å². The SMILES string of the molecule is CCCCCCCCCOc1ccc(-c2ccc(OC(=O)C(C)Cl)cc2)cc1. The van der Waals surface area contributed by atoms with Crippen molar-refractivity contribution in [2.75, 3.05) is 6.61 Å². The number of ether oxygens (including phenoxy) is 2. The molecule has 0 fully saturated rings. The van der Waals surface area contributed by atoms with E-state index in [-0.39, 0.29) is 0 Å². The number of carbonyl (C=O) groups is 1. The second-order valence-corrected chi connectivity index (χ2v) is 7.71. The molecular formula is C24H31ClO3. The molecule has 4 heteroatoms. The van der Waals surface area contributed by atoms with Gasteiger partial charge in [-0.15, -0.1) is 11.6 Å². The van der Waals surface area contributed by atoms with Crippen molar-refractivity contribution >= 4 is 17.6 Å². The normalized spacial score (nSPS) is 11.8. The van der Waals surface area contributed by atoms with Crippen LogP contribution in [0.15, 0.2) is 48.5 Å². The van der Waals surface area contributed by atoms with Crippen molar-refractivity contribution in [2.45, 2.75) is 64.2 Å². The van der Waals surface area contributed by atoms with Gasteiger partial charge in [-0.25, -0.2) is 0 Å². The van der Waals surface area contributed by atoms with Crippen molar-refractivity contribution in [2.24, 2.45) is 0 Å². The minimum Gasteiger partial charge on any atom is -0.494 e. The van der Waals surface area contributed by atoms with Crippen LogP contribution in [0.25, 0.3) is 11.1 Å². The number of unbranched alkanes of at least 4 members (excludes halogenated alkanes) is 6. The van der Waals surface area contributed by atoms with Crippen molar-refractivity contribution < 1.29 is 14.3 Å². The molecule has 0 amide bonds. The van der Waals surface area contributed by atoms with Gasteiger partial charge < -0.3 is 9.47 Å². The molecule has 0 spiro atoms. The van der Waals surface area contributed by atoms with E-state index in [9.17, 15) is 4.79 Å². The molecule has 2 aromatic carbocycles. The number of carbonyl (C=O) groups excluding carboxylic acids is 1. The van der Waals surface area contributed by atoms with Crippen LogP contribution in [-0.4, -0.2) is 18.0 Å². The van der Waals surface area contributed by atoms with E-state index in [4.69, 9.17) is 21.1 Å². The highest BCUT2D eigenvalue weighted by molar-refractivity contribution is 6.29. The summed E-state index contributed by atoms with van der Waals surface area (Å²) in [5.41, 5.74) is 2.14. The fourth-order valence-corrected chi connectivity index (χ4v) is 2.95. The molecule has 0 aliphatic carbocycles. The average molecular weight is 403 g/mol. The van der Waals surface area contributed by atoms with Crippen LogP contribution in [0.5, 0.6) is 11.5 Å². The van der Waals surface area contributed by atoms with Crippen LogP contribution in [0.3, 0.4) is 0 Å². The van der Waals surface area contributed by atoms with Crippen molar-refractivity contribution in [3.05, 3.63) is 48.5 Å².